The van der Waals surface area contributed by atoms with E-state index in [-0.39, 0.29) is 35.8 Å². The molecule has 0 aliphatic heterocycles. The molecule has 252 valence electrons. The topological polar surface area (TPSA) is 159 Å². The van der Waals surface area contributed by atoms with Crippen LogP contribution in [0.2, 0.25) is 0 Å². The number of H-pyrrole nitrogens is 1. The third-order valence-electron chi connectivity index (χ3n) is 8.71. The second-order valence-corrected chi connectivity index (χ2v) is 11.8. The predicted octanol–water partition coefficient (Wildman–Crippen LogP) is 5.64. The van der Waals surface area contributed by atoms with Crippen LogP contribution in [0.25, 0.3) is 0 Å². The van der Waals surface area contributed by atoms with Crippen molar-refractivity contribution in [2.75, 3.05) is 6.54 Å². The summed E-state index contributed by atoms with van der Waals surface area (Å²) < 4.78 is 0. The Kier molecular flexibility index (Phi) is 9.80. The number of aromatic amines is 1. The van der Waals surface area contributed by atoms with Crippen molar-refractivity contribution >= 4 is 11.8 Å². The number of aromatic nitrogens is 2. The largest absolute Gasteiger partial charge is 0.504 e. The van der Waals surface area contributed by atoms with Gasteiger partial charge in [0, 0.05) is 30.4 Å². The Morgan fingerprint density at radius 3 is 1.74 bits per heavy atom. The fourth-order valence-corrected chi connectivity index (χ4v) is 6.36. The average molecular weight is 669 g/mol. The van der Waals surface area contributed by atoms with Gasteiger partial charge in [-0.25, -0.2) is 4.98 Å². The summed E-state index contributed by atoms with van der Waals surface area (Å²) in [6.07, 6.45) is 3.47. The molecule has 6 rings (SSSR count). The van der Waals surface area contributed by atoms with Crippen molar-refractivity contribution in [3.63, 3.8) is 0 Å². The third kappa shape index (κ3) is 6.72. The van der Waals surface area contributed by atoms with Crippen LogP contribution in [0.15, 0.2) is 140 Å². The quantitative estimate of drug-likeness (QED) is 0.0728. The standard InChI is InChI=1S/C40H36N4O6/c45-34-18-16-27(22-36(34)47)20-21-42-38(49)33(24-32-25-41-26-43-32)44(39(50)28-17-19-35(46)37(48)23-28)40(29-10-4-1-5-11-29,30-12-6-2-7-13-30)31-14-8-3-9-15-31/h1-19,22-23,25-26,33,45-48H,20-21,24H2,(H,41,43)(H,42,49)/t33-/m0/s1. The number of hydrogen-bond donors (Lipinski definition) is 6. The fraction of sp³-hybridized carbons (Fsp3) is 0.125. The Labute approximate surface area is 289 Å². The molecule has 10 heteroatoms. The van der Waals surface area contributed by atoms with Crippen LogP contribution in [0.5, 0.6) is 23.0 Å². The second-order valence-electron chi connectivity index (χ2n) is 11.8. The summed E-state index contributed by atoms with van der Waals surface area (Å²) in [4.78, 5) is 38.8. The van der Waals surface area contributed by atoms with Crippen LogP contribution >= 0.6 is 0 Å². The molecular weight excluding hydrogens is 632 g/mol. The van der Waals surface area contributed by atoms with E-state index in [1.165, 1.54) is 36.7 Å². The van der Waals surface area contributed by atoms with Crippen LogP contribution in [0.3, 0.4) is 0 Å². The number of nitrogens with zero attached hydrogens (tertiary/aromatic N) is 2. The number of hydrogen-bond acceptors (Lipinski definition) is 7. The van der Waals surface area contributed by atoms with Crippen molar-refractivity contribution in [2.45, 2.75) is 24.4 Å². The van der Waals surface area contributed by atoms with Crippen LogP contribution in [0, 0.1) is 0 Å². The third-order valence-corrected chi connectivity index (χ3v) is 8.71. The molecule has 2 amide bonds. The summed E-state index contributed by atoms with van der Waals surface area (Å²) in [5.74, 6) is -2.43. The second kappa shape index (κ2) is 14.7. The molecule has 0 fully saturated rings. The lowest BCUT2D eigenvalue weighted by molar-refractivity contribution is -0.127. The van der Waals surface area contributed by atoms with E-state index >= 15 is 4.79 Å². The van der Waals surface area contributed by atoms with Crippen molar-refractivity contribution in [1.82, 2.24) is 20.2 Å². The van der Waals surface area contributed by atoms with Crippen molar-refractivity contribution < 1.29 is 30.0 Å². The summed E-state index contributed by atoms with van der Waals surface area (Å²) in [5, 5.41) is 43.5. The molecule has 50 heavy (non-hydrogen) atoms. The predicted molar refractivity (Wildman–Crippen MR) is 188 cm³/mol. The van der Waals surface area contributed by atoms with Crippen LogP contribution in [-0.4, -0.2) is 59.7 Å². The zero-order valence-corrected chi connectivity index (χ0v) is 27.0. The van der Waals surface area contributed by atoms with Gasteiger partial charge in [0.2, 0.25) is 5.91 Å². The maximum Gasteiger partial charge on any atom is 0.255 e. The van der Waals surface area contributed by atoms with Crippen LogP contribution < -0.4 is 5.32 Å². The lowest BCUT2D eigenvalue weighted by Gasteiger charge is -2.48. The molecule has 10 nitrogen and oxygen atoms in total. The van der Waals surface area contributed by atoms with Gasteiger partial charge in [-0.3, -0.25) is 9.59 Å². The first-order valence-corrected chi connectivity index (χ1v) is 16.1. The molecule has 1 aromatic heterocycles. The summed E-state index contributed by atoms with van der Waals surface area (Å²) in [5.41, 5.74) is 2.05. The molecule has 1 heterocycles. The molecule has 6 N–H and O–H groups in total. The van der Waals surface area contributed by atoms with Gasteiger partial charge in [-0.1, -0.05) is 97.1 Å². The van der Waals surface area contributed by atoms with Gasteiger partial charge in [0.25, 0.3) is 5.91 Å². The van der Waals surface area contributed by atoms with Gasteiger partial charge in [0.1, 0.15) is 11.6 Å². The molecule has 5 aromatic carbocycles. The molecule has 0 bridgehead atoms. The highest BCUT2D eigenvalue weighted by atomic mass is 16.3. The van der Waals surface area contributed by atoms with Gasteiger partial charge < -0.3 is 35.6 Å². The Morgan fingerprint density at radius 1 is 0.700 bits per heavy atom. The number of phenols is 4. The Bertz CT molecular complexity index is 1960. The van der Waals surface area contributed by atoms with Crippen molar-refractivity contribution in [2.24, 2.45) is 0 Å². The van der Waals surface area contributed by atoms with Crippen LogP contribution in [0.4, 0.5) is 0 Å². The smallest absolute Gasteiger partial charge is 0.255 e. The molecule has 6 aromatic rings. The summed E-state index contributed by atoms with van der Waals surface area (Å²) in [6.45, 7) is 0.152. The highest BCUT2D eigenvalue weighted by Gasteiger charge is 2.50. The lowest BCUT2D eigenvalue weighted by Crippen LogP contribution is -2.61. The number of carbonyl (C=O) groups excluding carboxylic acids is 2. The van der Waals surface area contributed by atoms with E-state index in [1.807, 2.05) is 91.0 Å². The number of aromatic hydroxyl groups is 4. The minimum absolute atomic E-state index is 0.0376. The Balaban J connectivity index is 1.58. The molecule has 0 spiro atoms. The van der Waals surface area contributed by atoms with Gasteiger partial charge in [0.05, 0.1) is 6.33 Å². The monoisotopic (exact) mass is 668 g/mol. The summed E-state index contributed by atoms with van der Waals surface area (Å²) >= 11 is 0. The molecule has 0 saturated heterocycles. The minimum atomic E-state index is -1.40. The van der Waals surface area contributed by atoms with Gasteiger partial charge in [-0.05, 0) is 59.0 Å². The molecule has 0 unspecified atom stereocenters. The van der Waals surface area contributed by atoms with Gasteiger partial charge >= 0.3 is 0 Å². The molecular formula is C40H36N4O6. The molecule has 0 saturated carbocycles. The zero-order valence-electron chi connectivity index (χ0n) is 27.0. The number of imidazole rings is 1. The van der Waals surface area contributed by atoms with Crippen molar-refractivity contribution in [3.8, 4) is 23.0 Å². The van der Waals surface area contributed by atoms with Crippen LogP contribution in [-0.2, 0) is 23.2 Å². The fourth-order valence-electron chi connectivity index (χ4n) is 6.36. The molecule has 0 aliphatic carbocycles. The number of rotatable bonds is 12. The van der Waals surface area contributed by atoms with E-state index in [0.717, 1.165) is 0 Å². The zero-order chi connectivity index (χ0) is 35.1. The normalized spacial score (nSPS) is 11.8. The van der Waals surface area contributed by atoms with E-state index < -0.39 is 29.1 Å². The first-order valence-electron chi connectivity index (χ1n) is 16.1. The van der Waals surface area contributed by atoms with Crippen molar-refractivity contribution in [3.05, 3.63) is 173 Å². The highest BCUT2D eigenvalue weighted by Crippen LogP contribution is 2.45. The van der Waals surface area contributed by atoms with Crippen molar-refractivity contribution in [1.29, 1.82) is 0 Å². The SMILES string of the molecule is O=C(NCCc1ccc(O)c(O)c1)[C@H](Cc1cnc[nH]1)N(C(=O)c1ccc(O)c(O)c1)C(c1ccccc1)(c1ccccc1)c1ccccc1. The van der Waals surface area contributed by atoms with E-state index in [1.54, 1.807) is 17.2 Å². The summed E-state index contributed by atoms with van der Waals surface area (Å²) in [6, 6.07) is 35.5. The van der Waals surface area contributed by atoms with E-state index in [0.29, 0.717) is 34.4 Å². The Hall–Kier alpha value is -6.55. The summed E-state index contributed by atoms with van der Waals surface area (Å²) in [7, 11) is 0. The van der Waals surface area contributed by atoms with Crippen LogP contribution in [0.1, 0.15) is 38.3 Å². The van der Waals surface area contributed by atoms with Gasteiger partial charge in [0.15, 0.2) is 23.0 Å². The van der Waals surface area contributed by atoms with Gasteiger partial charge in [-0.2, -0.15) is 0 Å². The maximum atomic E-state index is 15.3. The first kappa shape index (κ1) is 33.4. The number of phenolic OH excluding ortho intramolecular Hbond substituents is 4. The average Bonchev–Trinajstić information content (AvgIpc) is 3.67. The molecule has 0 aliphatic rings. The Morgan fingerprint density at radius 2 is 1.24 bits per heavy atom. The number of benzene rings is 5. The number of nitrogens with one attached hydrogen (secondary N) is 2. The molecule has 0 radical (unpaired) electrons. The minimum Gasteiger partial charge on any atom is -0.504 e. The van der Waals surface area contributed by atoms with E-state index in [2.05, 4.69) is 15.3 Å². The molecule has 1 atom stereocenters. The maximum absolute atomic E-state index is 15.3. The number of carbonyl (C=O) groups is 2. The van der Waals surface area contributed by atoms with E-state index in [9.17, 15) is 25.2 Å². The van der Waals surface area contributed by atoms with Gasteiger partial charge in [-0.15, -0.1) is 0 Å². The van der Waals surface area contributed by atoms with E-state index in [4.69, 9.17) is 0 Å². The lowest BCUT2D eigenvalue weighted by atomic mass is 9.74. The number of amides is 2. The first-order chi connectivity index (χ1) is 24.3. The highest BCUT2D eigenvalue weighted by molar-refractivity contribution is 5.99.